The van der Waals surface area contributed by atoms with Gasteiger partial charge in [-0.25, -0.2) is 14.5 Å². The van der Waals surface area contributed by atoms with Crippen molar-refractivity contribution in [2.24, 2.45) is 11.8 Å². The van der Waals surface area contributed by atoms with E-state index >= 15 is 0 Å². The van der Waals surface area contributed by atoms with Gasteiger partial charge in [-0.1, -0.05) is 36.8 Å². The quantitative estimate of drug-likeness (QED) is 0.291. The number of amides is 1. The van der Waals surface area contributed by atoms with E-state index in [1.165, 1.54) is 5.56 Å². The Bertz CT molecular complexity index is 1180. The molecular weight excluding hydrogens is 498 g/mol. The first-order valence-corrected chi connectivity index (χ1v) is 14.0. The van der Waals surface area contributed by atoms with Gasteiger partial charge in [0.15, 0.2) is 0 Å². The van der Waals surface area contributed by atoms with Crippen molar-refractivity contribution in [2.75, 3.05) is 45.9 Å². The van der Waals surface area contributed by atoms with Gasteiger partial charge in [0.25, 0.3) is 5.91 Å². The summed E-state index contributed by atoms with van der Waals surface area (Å²) in [6, 6.07) is 17.7. The van der Waals surface area contributed by atoms with Crippen LogP contribution in [0.2, 0.25) is 0 Å². The molecule has 3 heterocycles. The lowest BCUT2D eigenvalue weighted by Crippen LogP contribution is -2.50. The summed E-state index contributed by atoms with van der Waals surface area (Å²) in [6.45, 7) is 5.87. The van der Waals surface area contributed by atoms with E-state index in [-0.39, 0.29) is 11.8 Å². The summed E-state index contributed by atoms with van der Waals surface area (Å²) < 4.78 is 17.0. The van der Waals surface area contributed by atoms with Gasteiger partial charge in [-0.3, -0.25) is 9.69 Å². The van der Waals surface area contributed by atoms with Crippen LogP contribution in [-0.4, -0.2) is 84.3 Å². The maximum absolute atomic E-state index is 13.0. The molecule has 2 unspecified atom stereocenters. The van der Waals surface area contributed by atoms with E-state index in [0.29, 0.717) is 49.9 Å². The van der Waals surface area contributed by atoms with E-state index in [2.05, 4.69) is 29.2 Å². The number of hydrogen-bond donors (Lipinski definition) is 0. The molecule has 3 aliphatic heterocycles. The number of hydrogen-bond acceptors (Lipinski definition) is 8. The number of rotatable bonds is 8. The zero-order valence-corrected chi connectivity index (χ0v) is 22.1. The molecule has 1 amide bonds. The fourth-order valence-corrected chi connectivity index (χ4v) is 6.55. The first-order chi connectivity index (χ1) is 19.0. The van der Waals surface area contributed by atoms with Crippen LogP contribution in [-0.2, 0) is 25.6 Å². The average Bonchev–Trinajstić information content (AvgIpc) is 3.62. The van der Waals surface area contributed by atoms with Gasteiger partial charge in [0.1, 0.15) is 5.75 Å². The lowest BCUT2D eigenvalue weighted by Gasteiger charge is -2.34. The van der Waals surface area contributed by atoms with Crippen molar-refractivity contribution >= 4 is 17.8 Å². The Morgan fingerprint density at radius 2 is 1.64 bits per heavy atom. The SMILES string of the molecule is O=C1OC2(OC1=O)C1CCCC1CN2CCCOc1ccc(C(=O)N2CCN(Cc3ccccc3)CC2)cc1. The fourth-order valence-electron chi connectivity index (χ4n) is 6.55. The molecule has 3 saturated heterocycles. The van der Waals surface area contributed by atoms with E-state index in [1.807, 2.05) is 40.1 Å². The predicted octanol–water partition coefficient (Wildman–Crippen LogP) is 2.90. The monoisotopic (exact) mass is 533 g/mol. The Labute approximate surface area is 228 Å². The van der Waals surface area contributed by atoms with Crippen LogP contribution < -0.4 is 4.74 Å². The summed E-state index contributed by atoms with van der Waals surface area (Å²) in [7, 11) is 0. The topological polar surface area (TPSA) is 88.6 Å². The molecule has 0 N–H and O–H groups in total. The van der Waals surface area contributed by atoms with Gasteiger partial charge < -0.3 is 19.1 Å². The molecule has 1 aliphatic carbocycles. The third-order valence-corrected chi connectivity index (χ3v) is 8.52. The molecule has 2 aromatic carbocycles. The van der Waals surface area contributed by atoms with Crippen molar-refractivity contribution in [3.05, 3.63) is 65.7 Å². The van der Waals surface area contributed by atoms with E-state index in [4.69, 9.17) is 14.2 Å². The number of piperazine rings is 1. The number of ether oxygens (including phenoxy) is 3. The van der Waals surface area contributed by atoms with Gasteiger partial charge in [0.2, 0.25) is 0 Å². The predicted molar refractivity (Wildman–Crippen MR) is 141 cm³/mol. The van der Waals surface area contributed by atoms with Crippen LogP contribution in [0, 0.1) is 11.8 Å². The lowest BCUT2D eigenvalue weighted by molar-refractivity contribution is -0.256. The molecular formula is C30H35N3O6. The molecule has 1 saturated carbocycles. The highest BCUT2D eigenvalue weighted by molar-refractivity contribution is 6.31. The van der Waals surface area contributed by atoms with E-state index in [0.717, 1.165) is 45.4 Å². The minimum Gasteiger partial charge on any atom is -0.494 e. The number of carbonyl (C=O) groups excluding carboxylic acids is 3. The Balaban J connectivity index is 0.958. The number of fused-ring (bicyclic) bond motifs is 2. The first kappa shape index (κ1) is 25.8. The van der Waals surface area contributed by atoms with Crippen LogP contribution in [0.15, 0.2) is 54.6 Å². The third kappa shape index (κ3) is 5.25. The van der Waals surface area contributed by atoms with Crippen LogP contribution in [0.4, 0.5) is 0 Å². The third-order valence-electron chi connectivity index (χ3n) is 8.52. The van der Waals surface area contributed by atoms with Crippen LogP contribution in [0.5, 0.6) is 5.75 Å². The molecule has 9 nitrogen and oxygen atoms in total. The minimum absolute atomic E-state index is 0.0470. The highest BCUT2D eigenvalue weighted by Gasteiger charge is 2.65. The van der Waals surface area contributed by atoms with Gasteiger partial charge in [0, 0.05) is 51.4 Å². The summed E-state index contributed by atoms with van der Waals surface area (Å²) >= 11 is 0. The molecule has 2 atom stereocenters. The summed E-state index contributed by atoms with van der Waals surface area (Å²) in [6.07, 6.45) is 3.70. The van der Waals surface area contributed by atoms with Crippen LogP contribution in [0.1, 0.15) is 41.6 Å². The molecule has 4 aliphatic rings. The van der Waals surface area contributed by atoms with E-state index in [1.54, 1.807) is 0 Å². The number of likely N-dealkylation sites (tertiary alicyclic amines) is 1. The van der Waals surface area contributed by atoms with Crippen LogP contribution >= 0.6 is 0 Å². The number of carbonyl (C=O) groups is 3. The zero-order valence-electron chi connectivity index (χ0n) is 22.1. The summed E-state index contributed by atoms with van der Waals surface area (Å²) in [5, 5.41) is 0. The second kappa shape index (κ2) is 11.0. The highest BCUT2D eigenvalue weighted by Crippen LogP contribution is 2.51. The van der Waals surface area contributed by atoms with Crippen molar-refractivity contribution < 1.29 is 28.6 Å². The number of esters is 2. The maximum Gasteiger partial charge on any atom is 0.421 e. The smallest absolute Gasteiger partial charge is 0.421 e. The second-order valence-electron chi connectivity index (χ2n) is 10.9. The zero-order chi connectivity index (χ0) is 26.8. The summed E-state index contributed by atoms with van der Waals surface area (Å²) in [5.74, 6) is -1.85. The molecule has 4 fully saturated rings. The Kier molecular flexibility index (Phi) is 7.27. The molecule has 39 heavy (non-hydrogen) atoms. The first-order valence-electron chi connectivity index (χ1n) is 14.0. The van der Waals surface area contributed by atoms with Gasteiger partial charge in [-0.05, 0) is 55.0 Å². The molecule has 9 heteroatoms. The molecule has 0 bridgehead atoms. The van der Waals surface area contributed by atoms with Gasteiger partial charge >= 0.3 is 17.8 Å². The molecule has 1 spiro atoms. The Morgan fingerprint density at radius 1 is 0.923 bits per heavy atom. The molecule has 6 rings (SSSR count). The summed E-state index contributed by atoms with van der Waals surface area (Å²) in [4.78, 5) is 43.1. The van der Waals surface area contributed by atoms with E-state index < -0.39 is 17.8 Å². The Hall–Kier alpha value is -3.43. The maximum atomic E-state index is 13.0. The molecule has 2 aromatic rings. The highest BCUT2D eigenvalue weighted by atomic mass is 16.8. The normalized spacial score (nSPS) is 24.6. The van der Waals surface area contributed by atoms with Crippen molar-refractivity contribution in [2.45, 2.75) is 38.1 Å². The van der Waals surface area contributed by atoms with Crippen molar-refractivity contribution in [3.63, 3.8) is 0 Å². The summed E-state index contributed by atoms with van der Waals surface area (Å²) in [5.41, 5.74) is 1.95. The van der Waals surface area contributed by atoms with Crippen LogP contribution in [0.25, 0.3) is 0 Å². The Morgan fingerprint density at radius 3 is 2.36 bits per heavy atom. The van der Waals surface area contributed by atoms with Crippen molar-refractivity contribution in [1.82, 2.24) is 14.7 Å². The van der Waals surface area contributed by atoms with E-state index in [9.17, 15) is 14.4 Å². The van der Waals surface area contributed by atoms with Crippen molar-refractivity contribution in [3.8, 4) is 5.75 Å². The standard InChI is InChI=1S/C30H35N3O6/c34-27(32-17-15-31(16-18-32)20-22-6-2-1-3-7-22)23-10-12-25(13-11-23)37-19-5-14-33-21-24-8-4-9-26(24)30(33)38-28(35)29(36)39-30/h1-3,6-7,10-13,24,26H,4-5,8-9,14-21H2. The molecule has 0 aromatic heterocycles. The van der Waals surface area contributed by atoms with Crippen LogP contribution in [0.3, 0.4) is 0 Å². The number of benzene rings is 2. The number of nitrogens with zero attached hydrogens (tertiary/aromatic N) is 3. The lowest BCUT2D eigenvalue weighted by atomic mass is 9.97. The van der Waals surface area contributed by atoms with Gasteiger partial charge in [-0.15, -0.1) is 0 Å². The minimum atomic E-state index is -1.23. The molecule has 0 radical (unpaired) electrons. The average molecular weight is 534 g/mol. The second-order valence-corrected chi connectivity index (χ2v) is 10.9. The van der Waals surface area contributed by atoms with Gasteiger partial charge in [0.05, 0.1) is 12.5 Å². The van der Waals surface area contributed by atoms with Gasteiger partial charge in [-0.2, -0.15) is 0 Å². The van der Waals surface area contributed by atoms with Crippen molar-refractivity contribution in [1.29, 1.82) is 0 Å². The fraction of sp³-hybridized carbons (Fsp3) is 0.500. The molecule has 206 valence electrons. The largest absolute Gasteiger partial charge is 0.494 e.